The molecule has 1 aromatic rings. The van der Waals surface area contributed by atoms with Crippen LogP contribution < -0.4 is 0 Å². The van der Waals surface area contributed by atoms with Gasteiger partial charge in [-0.3, -0.25) is 0 Å². The zero-order valence-electron chi connectivity index (χ0n) is 10.7. The van der Waals surface area contributed by atoms with Gasteiger partial charge in [-0.2, -0.15) is 0 Å². The van der Waals surface area contributed by atoms with Gasteiger partial charge in [-0.25, -0.2) is 0 Å². The summed E-state index contributed by atoms with van der Waals surface area (Å²) >= 11 is 3.67. The third-order valence-corrected chi connectivity index (χ3v) is 4.59. The third-order valence-electron chi connectivity index (χ3n) is 3.63. The molecule has 0 radical (unpaired) electrons. The third kappa shape index (κ3) is 2.44. The van der Waals surface area contributed by atoms with Crippen molar-refractivity contribution in [2.75, 3.05) is 0 Å². The second-order valence-electron chi connectivity index (χ2n) is 5.44. The molecule has 1 aromatic carbocycles. The fourth-order valence-corrected chi connectivity index (χ4v) is 2.32. The molecule has 1 aliphatic heterocycles. The Morgan fingerprint density at radius 3 is 1.94 bits per heavy atom. The first-order chi connectivity index (χ1) is 7.83. The van der Waals surface area contributed by atoms with Gasteiger partial charge in [-0.15, -0.1) is 0 Å². The molecule has 0 N–H and O–H groups in total. The SMILES string of the molecule is CC1(C)OB([C@@H](Br)c2ccccc2)OC1(C)C. The van der Waals surface area contributed by atoms with Gasteiger partial charge in [0.25, 0.3) is 0 Å². The summed E-state index contributed by atoms with van der Waals surface area (Å²) in [6.07, 6.45) is 0. The van der Waals surface area contributed by atoms with Crippen molar-refractivity contribution in [3.05, 3.63) is 35.9 Å². The number of alkyl halides is 1. The molecule has 0 aromatic heterocycles. The minimum atomic E-state index is -0.279. The van der Waals surface area contributed by atoms with Crippen molar-refractivity contribution in [1.29, 1.82) is 0 Å². The van der Waals surface area contributed by atoms with Crippen LogP contribution in [0.15, 0.2) is 30.3 Å². The maximum absolute atomic E-state index is 6.01. The molecule has 4 heteroatoms. The maximum Gasteiger partial charge on any atom is 0.477 e. The van der Waals surface area contributed by atoms with Gasteiger partial charge in [0.15, 0.2) is 0 Å². The van der Waals surface area contributed by atoms with E-state index in [-0.39, 0.29) is 23.0 Å². The predicted octanol–water partition coefficient (Wildman–Crippen LogP) is 3.75. The number of hydrogen-bond donors (Lipinski definition) is 0. The van der Waals surface area contributed by atoms with E-state index in [1.807, 2.05) is 18.2 Å². The van der Waals surface area contributed by atoms with Gasteiger partial charge in [0.2, 0.25) is 0 Å². The summed E-state index contributed by atoms with van der Waals surface area (Å²) in [5.74, 6) is 0. The van der Waals surface area contributed by atoms with Gasteiger partial charge in [0.05, 0.1) is 15.9 Å². The molecule has 0 spiro atoms. The highest BCUT2D eigenvalue weighted by molar-refractivity contribution is 9.09. The number of rotatable bonds is 2. The second-order valence-corrected chi connectivity index (χ2v) is 6.42. The zero-order chi connectivity index (χ0) is 12.7. The lowest BCUT2D eigenvalue weighted by atomic mass is 9.80. The van der Waals surface area contributed by atoms with Gasteiger partial charge >= 0.3 is 7.12 Å². The fraction of sp³-hybridized carbons (Fsp3) is 0.538. The average molecular weight is 297 g/mol. The highest BCUT2D eigenvalue weighted by atomic mass is 79.9. The molecule has 0 bridgehead atoms. The van der Waals surface area contributed by atoms with Gasteiger partial charge in [0.1, 0.15) is 0 Å². The summed E-state index contributed by atoms with van der Waals surface area (Å²) in [5.41, 5.74) is 0.614. The number of hydrogen-bond acceptors (Lipinski definition) is 2. The molecule has 2 rings (SSSR count). The summed E-state index contributed by atoms with van der Waals surface area (Å²) in [4.78, 5) is 0. The van der Waals surface area contributed by atoms with Crippen LogP contribution in [0.1, 0.15) is 38.0 Å². The van der Waals surface area contributed by atoms with Crippen molar-refractivity contribution in [1.82, 2.24) is 0 Å². The van der Waals surface area contributed by atoms with E-state index < -0.39 is 0 Å². The monoisotopic (exact) mass is 296 g/mol. The van der Waals surface area contributed by atoms with Crippen LogP contribution in [0, 0.1) is 0 Å². The Bertz CT molecular complexity index is 376. The highest BCUT2D eigenvalue weighted by Crippen LogP contribution is 2.42. The molecule has 0 saturated carbocycles. The lowest BCUT2D eigenvalue weighted by Gasteiger charge is -2.32. The van der Waals surface area contributed by atoms with E-state index in [0.29, 0.717) is 0 Å². The minimum absolute atomic E-state index is 0.0600. The Labute approximate surface area is 112 Å². The first-order valence-electron chi connectivity index (χ1n) is 5.88. The number of benzene rings is 1. The number of halogens is 1. The fourth-order valence-electron chi connectivity index (χ4n) is 1.80. The van der Waals surface area contributed by atoms with Crippen molar-refractivity contribution in [3.63, 3.8) is 0 Å². The van der Waals surface area contributed by atoms with Gasteiger partial charge in [-0.1, -0.05) is 46.3 Å². The second kappa shape index (κ2) is 4.41. The molecule has 92 valence electrons. The summed E-state index contributed by atoms with van der Waals surface area (Å²) in [5, 5.41) is 0. The molecule has 17 heavy (non-hydrogen) atoms. The molecule has 1 fully saturated rings. The van der Waals surface area contributed by atoms with Crippen LogP contribution in [0.25, 0.3) is 0 Å². The van der Waals surface area contributed by atoms with Crippen LogP contribution in [-0.4, -0.2) is 18.3 Å². The Balaban J connectivity index is 2.17. The van der Waals surface area contributed by atoms with Gasteiger partial charge < -0.3 is 9.31 Å². The van der Waals surface area contributed by atoms with E-state index in [9.17, 15) is 0 Å². The zero-order valence-corrected chi connectivity index (χ0v) is 12.3. The van der Waals surface area contributed by atoms with E-state index in [1.165, 1.54) is 5.56 Å². The molecule has 2 nitrogen and oxygen atoms in total. The molecule has 1 atom stereocenters. The Morgan fingerprint density at radius 1 is 1.00 bits per heavy atom. The molecular weight excluding hydrogens is 279 g/mol. The highest BCUT2D eigenvalue weighted by Gasteiger charge is 2.53. The van der Waals surface area contributed by atoms with Crippen molar-refractivity contribution in [2.24, 2.45) is 0 Å². The largest absolute Gasteiger partial charge is 0.477 e. The van der Waals surface area contributed by atoms with Crippen LogP contribution in [0.5, 0.6) is 0 Å². The lowest BCUT2D eigenvalue weighted by Crippen LogP contribution is -2.41. The lowest BCUT2D eigenvalue weighted by molar-refractivity contribution is 0.00578. The van der Waals surface area contributed by atoms with Crippen LogP contribution in [0.4, 0.5) is 0 Å². The van der Waals surface area contributed by atoms with E-state index in [0.717, 1.165) is 0 Å². The Hall–Kier alpha value is -0.315. The predicted molar refractivity (Wildman–Crippen MR) is 74.2 cm³/mol. The summed E-state index contributed by atoms with van der Waals surface area (Å²) < 4.78 is 12.1. The Morgan fingerprint density at radius 2 is 1.47 bits per heavy atom. The topological polar surface area (TPSA) is 18.5 Å². The average Bonchev–Trinajstić information content (AvgIpc) is 2.48. The molecule has 1 saturated heterocycles. The van der Waals surface area contributed by atoms with Crippen LogP contribution in [0.2, 0.25) is 0 Å². The smallest absolute Gasteiger partial charge is 0.402 e. The minimum Gasteiger partial charge on any atom is -0.402 e. The summed E-state index contributed by atoms with van der Waals surface area (Å²) in [7, 11) is -0.248. The van der Waals surface area contributed by atoms with E-state index in [2.05, 4.69) is 55.8 Å². The van der Waals surface area contributed by atoms with Crippen molar-refractivity contribution >= 4 is 23.0 Å². The Kier molecular flexibility index (Phi) is 3.41. The maximum atomic E-state index is 6.01. The van der Waals surface area contributed by atoms with E-state index in [4.69, 9.17) is 9.31 Å². The molecule has 0 aliphatic carbocycles. The van der Waals surface area contributed by atoms with Gasteiger partial charge in [0, 0.05) is 0 Å². The van der Waals surface area contributed by atoms with Crippen molar-refractivity contribution < 1.29 is 9.31 Å². The van der Waals surface area contributed by atoms with Crippen molar-refractivity contribution in [3.8, 4) is 0 Å². The summed E-state index contributed by atoms with van der Waals surface area (Å²) in [6, 6.07) is 10.2. The molecule has 1 aliphatic rings. The molecule has 1 heterocycles. The van der Waals surface area contributed by atoms with Gasteiger partial charge in [-0.05, 0) is 33.3 Å². The van der Waals surface area contributed by atoms with Crippen LogP contribution in [-0.2, 0) is 9.31 Å². The van der Waals surface area contributed by atoms with Crippen molar-refractivity contribution in [2.45, 2.75) is 43.6 Å². The van der Waals surface area contributed by atoms with Crippen LogP contribution >= 0.6 is 15.9 Å². The first kappa shape index (κ1) is 13.1. The van der Waals surface area contributed by atoms with E-state index >= 15 is 0 Å². The standard InChI is InChI=1S/C13H18BBrO2/c1-12(2)13(3,4)17-14(16-12)11(15)10-8-6-5-7-9-10/h5-9,11H,1-4H3/t11-/m0/s1. The van der Waals surface area contributed by atoms with E-state index in [1.54, 1.807) is 0 Å². The summed E-state index contributed by atoms with van der Waals surface area (Å²) in [6.45, 7) is 8.27. The first-order valence-corrected chi connectivity index (χ1v) is 6.80. The van der Waals surface area contributed by atoms with Crippen LogP contribution in [0.3, 0.4) is 0 Å². The normalized spacial score (nSPS) is 23.7. The molecule has 0 amide bonds. The quantitative estimate of drug-likeness (QED) is 0.611. The molecule has 0 unspecified atom stereocenters. The molecular formula is C13H18BBrO2.